The molecule has 0 atom stereocenters. The van der Waals surface area contributed by atoms with Crippen LogP contribution in [0.25, 0.3) is 6.08 Å². The standard InChI is InChI=1S/C32H32FN3O5S/c1-34-17-19-35(20-18-34)30(37)4-2-3-21-40-26-15-9-25(10-16-26)36-31(38)29(42-32(36)39)22-23-5-11-27(12-6-23)41-28-13-7-24(33)8-14-28/h5-16,22H,2-4,17-21H2,1H3. The van der Waals surface area contributed by atoms with Crippen molar-refractivity contribution in [3.05, 3.63) is 89.1 Å². The summed E-state index contributed by atoms with van der Waals surface area (Å²) in [7, 11) is 2.07. The van der Waals surface area contributed by atoms with Crippen LogP contribution in [0, 0.1) is 5.82 Å². The lowest BCUT2D eigenvalue weighted by atomic mass is 10.2. The summed E-state index contributed by atoms with van der Waals surface area (Å²) in [5.41, 5.74) is 1.20. The zero-order chi connectivity index (χ0) is 29.5. The fraction of sp³-hybridized carbons (Fsp3) is 0.281. The minimum Gasteiger partial charge on any atom is -0.494 e. The molecule has 2 fully saturated rings. The number of carbonyl (C=O) groups is 3. The molecule has 0 aromatic heterocycles. The van der Waals surface area contributed by atoms with Crippen molar-refractivity contribution in [2.75, 3.05) is 44.7 Å². The van der Waals surface area contributed by atoms with E-state index in [1.807, 2.05) is 4.90 Å². The van der Waals surface area contributed by atoms with Crippen LogP contribution in [0.4, 0.5) is 14.9 Å². The highest BCUT2D eigenvalue weighted by molar-refractivity contribution is 8.19. The van der Waals surface area contributed by atoms with Gasteiger partial charge in [0.15, 0.2) is 0 Å². The predicted molar refractivity (Wildman–Crippen MR) is 161 cm³/mol. The van der Waals surface area contributed by atoms with Crippen molar-refractivity contribution in [1.29, 1.82) is 0 Å². The summed E-state index contributed by atoms with van der Waals surface area (Å²) < 4.78 is 24.6. The van der Waals surface area contributed by atoms with E-state index in [1.165, 1.54) is 12.1 Å². The van der Waals surface area contributed by atoms with Gasteiger partial charge in [-0.3, -0.25) is 14.4 Å². The Morgan fingerprint density at radius 1 is 0.857 bits per heavy atom. The second-order valence-electron chi connectivity index (χ2n) is 10.1. The second-order valence-corrected chi connectivity index (χ2v) is 11.1. The highest BCUT2D eigenvalue weighted by Gasteiger charge is 2.36. The van der Waals surface area contributed by atoms with E-state index in [9.17, 15) is 18.8 Å². The van der Waals surface area contributed by atoms with Crippen molar-refractivity contribution in [3.8, 4) is 17.2 Å². The van der Waals surface area contributed by atoms with Crippen molar-refractivity contribution in [2.45, 2.75) is 19.3 Å². The normalized spacial score (nSPS) is 16.8. The lowest BCUT2D eigenvalue weighted by Gasteiger charge is -2.32. The third-order valence-corrected chi connectivity index (χ3v) is 7.90. The maximum atomic E-state index is 13.1. The Morgan fingerprint density at radius 3 is 2.14 bits per heavy atom. The van der Waals surface area contributed by atoms with Crippen molar-refractivity contribution in [1.82, 2.24) is 9.80 Å². The molecule has 2 aliphatic rings. The summed E-state index contributed by atoms with van der Waals surface area (Å²) >= 11 is 0.883. The van der Waals surface area contributed by atoms with Crippen LogP contribution in [-0.4, -0.2) is 66.7 Å². The first-order valence-electron chi connectivity index (χ1n) is 13.9. The first-order valence-corrected chi connectivity index (χ1v) is 14.7. The van der Waals surface area contributed by atoms with E-state index in [2.05, 4.69) is 11.9 Å². The van der Waals surface area contributed by atoms with Crippen molar-refractivity contribution in [3.63, 3.8) is 0 Å². The summed E-state index contributed by atoms with van der Waals surface area (Å²) in [6, 6.07) is 19.6. The van der Waals surface area contributed by atoms with Crippen LogP contribution in [-0.2, 0) is 9.59 Å². The van der Waals surface area contributed by atoms with E-state index < -0.39 is 5.91 Å². The van der Waals surface area contributed by atoms with Crippen LogP contribution >= 0.6 is 11.8 Å². The van der Waals surface area contributed by atoms with Gasteiger partial charge in [0.25, 0.3) is 11.1 Å². The Labute approximate surface area is 248 Å². The monoisotopic (exact) mass is 589 g/mol. The van der Waals surface area contributed by atoms with E-state index in [-0.39, 0.29) is 17.0 Å². The Morgan fingerprint density at radius 2 is 1.48 bits per heavy atom. The van der Waals surface area contributed by atoms with Gasteiger partial charge in [0.05, 0.1) is 17.2 Å². The molecule has 3 amide bonds. The molecule has 0 bridgehead atoms. The first-order chi connectivity index (χ1) is 20.4. The summed E-state index contributed by atoms with van der Waals surface area (Å²) in [6.45, 7) is 3.89. The molecule has 2 aliphatic heterocycles. The molecule has 42 heavy (non-hydrogen) atoms. The lowest BCUT2D eigenvalue weighted by molar-refractivity contribution is -0.132. The number of nitrogens with zero attached hydrogens (tertiary/aromatic N) is 3. The van der Waals surface area contributed by atoms with Crippen LogP contribution in [0.5, 0.6) is 17.2 Å². The number of rotatable bonds is 10. The third-order valence-electron chi connectivity index (χ3n) is 7.03. The number of thioether (sulfide) groups is 1. The number of piperazine rings is 1. The quantitative estimate of drug-likeness (QED) is 0.206. The van der Waals surface area contributed by atoms with Crippen LogP contribution in [0.2, 0.25) is 0 Å². The molecule has 2 saturated heterocycles. The van der Waals surface area contributed by atoms with Crippen LogP contribution in [0.1, 0.15) is 24.8 Å². The van der Waals surface area contributed by atoms with Gasteiger partial charge in [-0.05, 0) is 104 Å². The highest BCUT2D eigenvalue weighted by atomic mass is 32.2. The minimum atomic E-state index is -0.393. The molecular formula is C32H32FN3O5S. The third kappa shape index (κ3) is 7.57. The molecule has 3 aromatic rings. The van der Waals surface area contributed by atoms with Gasteiger partial charge in [-0.15, -0.1) is 0 Å². The molecule has 0 unspecified atom stereocenters. The Balaban J connectivity index is 1.09. The van der Waals surface area contributed by atoms with Gasteiger partial charge in [0.1, 0.15) is 23.1 Å². The number of hydrogen-bond donors (Lipinski definition) is 0. The Hall–Kier alpha value is -4.15. The molecule has 2 heterocycles. The fourth-order valence-electron chi connectivity index (χ4n) is 4.59. The van der Waals surface area contributed by atoms with Gasteiger partial charge in [0, 0.05) is 32.6 Å². The van der Waals surface area contributed by atoms with E-state index in [0.29, 0.717) is 40.9 Å². The van der Waals surface area contributed by atoms with Gasteiger partial charge in [-0.25, -0.2) is 9.29 Å². The van der Waals surface area contributed by atoms with Crippen LogP contribution < -0.4 is 14.4 Å². The van der Waals surface area contributed by atoms with Gasteiger partial charge < -0.3 is 19.3 Å². The second kappa shape index (κ2) is 13.7. The number of unbranched alkanes of at least 4 members (excludes halogenated alkanes) is 1. The SMILES string of the molecule is CN1CCN(C(=O)CCCCOc2ccc(N3C(=O)SC(=Cc4ccc(Oc5ccc(F)cc5)cc4)C3=O)cc2)CC1. The van der Waals surface area contributed by atoms with Crippen molar-refractivity contribution in [2.24, 2.45) is 0 Å². The van der Waals surface area contributed by atoms with Gasteiger partial charge in [0.2, 0.25) is 5.91 Å². The molecule has 0 radical (unpaired) electrons. The lowest BCUT2D eigenvalue weighted by Crippen LogP contribution is -2.47. The van der Waals surface area contributed by atoms with E-state index in [1.54, 1.807) is 66.7 Å². The van der Waals surface area contributed by atoms with Crippen LogP contribution in [0.15, 0.2) is 77.7 Å². The van der Waals surface area contributed by atoms with E-state index in [4.69, 9.17) is 9.47 Å². The van der Waals surface area contributed by atoms with Crippen LogP contribution in [0.3, 0.4) is 0 Å². The average Bonchev–Trinajstić information content (AvgIpc) is 3.27. The molecular weight excluding hydrogens is 557 g/mol. The first kappa shape index (κ1) is 29.3. The summed E-state index contributed by atoms with van der Waals surface area (Å²) in [4.78, 5) is 43.7. The molecule has 5 rings (SSSR count). The number of hydrogen-bond acceptors (Lipinski definition) is 7. The number of halogens is 1. The molecule has 8 nitrogen and oxygen atoms in total. The van der Waals surface area contributed by atoms with Gasteiger partial charge in [-0.1, -0.05) is 12.1 Å². The molecule has 0 aliphatic carbocycles. The number of carbonyl (C=O) groups excluding carboxylic acids is 3. The minimum absolute atomic E-state index is 0.201. The topological polar surface area (TPSA) is 79.4 Å². The average molecular weight is 590 g/mol. The molecule has 0 spiro atoms. The predicted octanol–water partition coefficient (Wildman–Crippen LogP) is 6.18. The van der Waals surface area contributed by atoms with E-state index in [0.717, 1.165) is 61.2 Å². The molecule has 0 saturated carbocycles. The number of anilines is 1. The summed E-state index contributed by atoms with van der Waals surface area (Å²) in [5, 5.41) is -0.374. The molecule has 0 N–H and O–H groups in total. The van der Waals surface area contributed by atoms with Crippen molar-refractivity contribution < 1.29 is 28.2 Å². The molecule has 10 heteroatoms. The summed E-state index contributed by atoms with van der Waals surface area (Å²) in [6.07, 6.45) is 3.70. The zero-order valence-electron chi connectivity index (χ0n) is 23.3. The highest BCUT2D eigenvalue weighted by Crippen LogP contribution is 2.36. The number of benzene rings is 3. The van der Waals surface area contributed by atoms with E-state index >= 15 is 0 Å². The maximum Gasteiger partial charge on any atom is 0.298 e. The maximum absolute atomic E-state index is 13.1. The number of likely N-dealkylation sites (N-methyl/N-ethyl adjacent to an activating group) is 1. The number of amides is 3. The smallest absolute Gasteiger partial charge is 0.298 e. The van der Waals surface area contributed by atoms with Crippen molar-refractivity contribution >= 4 is 40.6 Å². The number of imide groups is 1. The van der Waals surface area contributed by atoms with Gasteiger partial charge in [-0.2, -0.15) is 0 Å². The largest absolute Gasteiger partial charge is 0.494 e. The Kier molecular flexibility index (Phi) is 9.55. The zero-order valence-corrected chi connectivity index (χ0v) is 24.1. The van der Waals surface area contributed by atoms with Gasteiger partial charge >= 0.3 is 0 Å². The molecule has 218 valence electrons. The fourth-order valence-corrected chi connectivity index (χ4v) is 5.43. The Bertz CT molecular complexity index is 1440. The molecule has 3 aromatic carbocycles. The number of ether oxygens (including phenoxy) is 2. The summed E-state index contributed by atoms with van der Waals surface area (Å²) in [5.74, 6) is 1.17.